The molecule has 2 rings (SSSR count). The number of rotatable bonds is 8. The molecule has 110 valence electrons. The Morgan fingerprint density at radius 3 is 2.75 bits per heavy atom. The van der Waals surface area contributed by atoms with E-state index in [1.54, 1.807) is 6.07 Å². The highest BCUT2D eigenvalue weighted by Crippen LogP contribution is 2.28. The molecule has 0 aliphatic heterocycles. The van der Waals surface area contributed by atoms with Crippen LogP contribution in [0.2, 0.25) is 5.02 Å². The topological polar surface area (TPSA) is 20.3 Å². The van der Waals surface area contributed by atoms with Crippen molar-refractivity contribution in [1.82, 2.24) is 4.90 Å². The molecule has 0 bridgehead atoms. The molecule has 0 aromatic heterocycles. The lowest BCUT2D eigenvalue weighted by Crippen LogP contribution is -2.29. The van der Waals surface area contributed by atoms with E-state index in [-0.39, 0.29) is 5.78 Å². The minimum absolute atomic E-state index is 0.143. The van der Waals surface area contributed by atoms with Crippen molar-refractivity contribution < 1.29 is 4.79 Å². The van der Waals surface area contributed by atoms with E-state index in [2.05, 4.69) is 27.8 Å². The first-order chi connectivity index (χ1) is 9.61. The Hall–Kier alpha value is -0.380. The number of carbonyl (C=O) groups excluding carboxylic acids is 1. The van der Waals surface area contributed by atoms with Crippen molar-refractivity contribution in [3.63, 3.8) is 0 Å². The first-order valence-corrected chi connectivity index (χ1v) is 8.51. The Kier molecular flexibility index (Phi) is 6.06. The smallest absolute Gasteiger partial charge is 0.165 e. The second kappa shape index (κ2) is 7.58. The summed E-state index contributed by atoms with van der Waals surface area (Å²) in [7, 11) is 0. The zero-order chi connectivity index (χ0) is 14.5. The lowest BCUT2D eigenvalue weighted by atomic mass is 10.1. The predicted octanol–water partition coefficient (Wildman–Crippen LogP) is 4.94. The monoisotopic (exact) mass is 357 g/mol. The molecule has 1 fully saturated rings. The van der Waals surface area contributed by atoms with E-state index in [0.717, 1.165) is 23.6 Å². The van der Waals surface area contributed by atoms with E-state index >= 15 is 0 Å². The minimum atomic E-state index is 0.143. The normalized spacial score (nSPS) is 14.8. The third-order valence-electron chi connectivity index (χ3n) is 3.72. The summed E-state index contributed by atoms with van der Waals surface area (Å²) in [6.45, 7) is 4.18. The molecule has 0 saturated heterocycles. The van der Waals surface area contributed by atoms with E-state index in [9.17, 15) is 4.79 Å². The number of hydrogen-bond donors (Lipinski definition) is 0. The van der Waals surface area contributed by atoms with Gasteiger partial charge in [-0.25, -0.2) is 0 Å². The molecule has 1 aliphatic rings. The molecular formula is C16H21BrClNO. The zero-order valence-corrected chi connectivity index (χ0v) is 14.2. The molecule has 0 radical (unpaired) electrons. The Morgan fingerprint density at radius 1 is 1.40 bits per heavy atom. The predicted molar refractivity (Wildman–Crippen MR) is 87.6 cm³/mol. The molecule has 0 unspecified atom stereocenters. The molecule has 0 N–H and O–H groups in total. The van der Waals surface area contributed by atoms with Crippen LogP contribution in [0.5, 0.6) is 0 Å². The Morgan fingerprint density at radius 2 is 2.15 bits per heavy atom. The first kappa shape index (κ1) is 16.0. The van der Waals surface area contributed by atoms with Crippen LogP contribution in [0.25, 0.3) is 0 Å². The summed E-state index contributed by atoms with van der Waals surface area (Å²) in [5.74, 6) is 0.143. The van der Waals surface area contributed by atoms with Crippen molar-refractivity contribution in [2.45, 2.75) is 45.1 Å². The number of unbranched alkanes of at least 4 members (excludes halogenated alkanes) is 1. The third kappa shape index (κ3) is 4.57. The molecule has 1 aromatic rings. The van der Waals surface area contributed by atoms with Gasteiger partial charge in [-0.1, -0.05) is 40.9 Å². The fraction of sp³-hybridized carbons (Fsp3) is 0.562. The van der Waals surface area contributed by atoms with Crippen LogP contribution in [-0.4, -0.2) is 29.8 Å². The van der Waals surface area contributed by atoms with Gasteiger partial charge in [0.05, 0.1) is 5.02 Å². The van der Waals surface area contributed by atoms with Gasteiger partial charge in [0.2, 0.25) is 0 Å². The lowest BCUT2D eigenvalue weighted by molar-refractivity contribution is 0.0962. The maximum Gasteiger partial charge on any atom is 0.165 e. The van der Waals surface area contributed by atoms with Gasteiger partial charge in [-0.15, -0.1) is 0 Å². The largest absolute Gasteiger partial charge is 0.300 e. The molecule has 2 nitrogen and oxygen atoms in total. The SMILES string of the molecule is CCCCN(CCC(=O)c1ccc(Br)cc1Cl)C1CC1. The fourth-order valence-corrected chi connectivity index (χ4v) is 3.15. The molecule has 1 aliphatic carbocycles. The molecule has 0 heterocycles. The number of nitrogens with zero attached hydrogens (tertiary/aromatic N) is 1. The maximum absolute atomic E-state index is 12.3. The fourth-order valence-electron chi connectivity index (χ4n) is 2.37. The molecule has 20 heavy (non-hydrogen) atoms. The summed E-state index contributed by atoms with van der Waals surface area (Å²) in [4.78, 5) is 14.7. The summed E-state index contributed by atoms with van der Waals surface area (Å²) >= 11 is 9.49. The first-order valence-electron chi connectivity index (χ1n) is 7.34. The highest BCUT2D eigenvalue weighted by Gasteiger charge is 2.28. The van der Waals surface area contributed by atoms with Crippen LogP contribution in [0.4, 0.5) is 0 Å². The standard InChI is InChI=1S/C16H21BrClNO/c1-2-3-9-19(13-5-6-13)10-8-16(20)14-7-4-12(17)11-15(14)18/h4,7,11,13H,2-3,5-6,8-10H2,1H3. The van der Waals surface area contributed by atoms with Crippen LogP contribution in [0.3, 0.4) is 0 Å². The summed E-state index contributed by atoms with van der Waals surface area (Å²) in [6.07, 6.45) is 5.55. The van der Waals surface area contributed by atoms with Gasteiger partial charge < -0.3 is 0 Å². The van der Waals surface area contributed by atoms with Crippen LogP contribution in [0.15, 0.2) is 22.7 Å². The van der Waals surface area contributed by atoms with Crippen LogP contribution in [-0.2, 0) is 0 Å². The average Bonchev–Trinajstić information content (AvgIpc) is 3.23. The molecule has 0 spiro atoms. The van der Waals surface area contributed by atoms with Gasteiger partial charge >= 0.3 is 0 Å². The molecule has 1 aromatic carbocycles. The molecule has 0 atom stereocenters. The van der Waals surface area contributed by atoms with Gasteiger partial charge in [0, 0.05) is 29.0 Å². The number of hydrogen-bond acceptors (Lipinski definition) is 2. The summed E-state index contributed by atoms with van der Waals surface area (Å²) in [5, 5.41) is 0.538. The van der Waals surface area contributed by atoms with Crippen LogP contribution < -0.4 is 0 Å². The highest BCUT2D eigenvalue weighted by molar-refractivity contribution is 9.10. The number of Topliss-reactive ketones (excluding diaryl/α,β-unsaturated/α-hetero) is 1. The van der Waals surface area contributed by atoms with Gasteiger partial charge in [0.25, 0.3) is 0 Å². The lowest BCUT2D eigenvalue weighted by Gasteiger charge is -2.21. The van der Waals surface area contributed by atoms with E-state index < -0.39 is 0 Å². The Bertz CT molecular complexity index is 474. The van der Waals surface area contributed by atoms with Gasteiger partial charge in [-0.2, -0.15) is 0 Å². The van der Waals surface area contributed by atoms with E-state index in [0.29, 0.717) is 17.0 Å². The van der Waals surface area contributed by atoms with Crippen molar-refractivity contribution in [3.05, 3.63) is 33.3 Å². The van der Waals surface area contributed by atoms with Crippen LogP contribution in [0.1, 0.15) is 49.4 Å². The highest BCUT2D eigenvalue weighted by atomic mass is 79.9. The van der Waals surface area contributed by atoms with E-state index in [1.807, 2.05) is 12.1 Å². The second-order valence-corrected chi connectivity index (χ2v) is 6.74. The van der Waals surface area contributed by atoms with Crippen LogP contribution >= 0.6 is 27.5 Å². The van der Waals surface area contributed by atoms with Gasteiger partial charge in [-0.05, 0) is 44.0 Å². The number of carbonyl (C=O) groups is 1. The number of benzene rings is 1. The molecule has 1 saturated carbocycles. The maximum atomic E-state index is 12.3. The second-order valence-electron chi connectivity index (χ2n) is 5.42. The van der Waals surface area contributed by atoms with Crippen molar-refractivity contribution in [2.75, 3.05) is 13.1 Å². The average molecular weight is 359 g/mol. The Labute approximate surface area is 134 Å². The zero-order valence-electron chi connectivity index (χ0n) is 11.9. The van der Waals surface area contributed by atoms with Crippen molar-refractivity contribution >= 4 is 33.3 Å². The van der Waals surface area contributed by atoms with Gasteiger partial charge in [-0.3, -0.25) is 9.69 Å². The summed E-state index contributed by atoms with van der Waals surface area (Å²) < 4.78 is 0.904. The van der Waals surface area contributed by atoms with Crippen LogP contribution in [0, 0.1) is 0 Å². The molecule has 0 amide bonds. The Balaban J connectivity index is 1.89. The van der Waals surface area contributed by atoms with Gasteiger partial charge in [0.15, 0.2) is 5.78 Å². The van der Waals surface area contributed by atoms with Crippen molar-refractivity contribution in [2.24, 2.45) is 0 Å². The summed E-state index contributed by atoms with van der Waals surface area (Å²) in [6, 6.07) is 6.18. The molecular weight excluding hydrogens is 338 g/mol. The molecule has 4 heteroatoms. The summed E-state index contributed by atoms with van der Waals surface area (Å²) in [5.41, 5.74) is 0.640. The van der Waals surface area contributed by atoms with E-state index in [4.69, 9.17) is 11.6 Å². The van der Waals surface area contributed by atoms with Crippen molar-refractivity contribution in [1.29, 1.82) is 0 Å². The number of halogens is 2. The van der Waals surface area contributed by atoms with Crippen molar-refractivity contribution in [3.8, 4) is 0 Å². The van der Waals surface area contributed by atoms with E-state index in [1.165, 1.54) is 25.7 Å². The van der Waals surface area contributed by atoms with Gasteiger partial charge in [0.1, 0.15) is 0 Å². The quantitative estimate of drug-likeness (QED) is 0.613. The minimum Gasteiger partial charge on any atom is -0.300 e. The number of ketones is 1. The third-order valence-corrected chi connectivity index (χ3v) is 4.53.